The van der Waals surface area contributed by atoms with Crippen LogP contribution in [0.1, 0.15) is 5.69 Å². The van der Waals surface area contributed by atoms with Gasteiger partial charge in [-0.3, -0.25) is 9.97 Å². The van der Waals surface area contributed by atoms with Gasteiger partial charge in [0.05, 0.1) is 16.7 Å². The Balaban J connectivity index is 2.19. The molecule has 2 aromatic heterocycles. The van der Waals surface area contributed by atoms with Crippen molar-refractivity contribution in [3.8, 4) is 11.4 Å². The summed E-state index contributed by atoms with van der Waals surface area (Å²) in [7, 11) is 0. The lowest BCUT2D eigenvalue weighted by Gasteiger charge is -2.05. The van der Waals surface area contributed by atoms with Crippen molar-refractivity contribution in [2.45, 2.75) is 6.92 Å². The van der Waals surface area contributed by atoms with E-state index in [0.717, 1.165) is 16.6 Å². The molecule has 0 bridgehead atoms. The number of hydrogen-bond donors (Lipinski definition) is 1. The van der Waals surface area contributed by atoms with Crippen molar-refractivity contribution in [1.82, 2.24) is 19.9 Å². The Kier molecular flexibility index (Phi) is 2.56. The molecule has 0 spiro atoms. The maximum atomic E-state index is 13.4. The van der Waals surface area contributed by atoms with Crippen molar-refractivity contribution < 1.29 is 4.39 Å². The van der Waals surface area contributed by atoms with E-state index in [4.69, 9.17) is 5.73 Å². The Bertz CT molecular complexity index is 749. The Labute approximate surface area is 108 Å². The molecule has 0 amide bonds. The number of nitrogen functional groups attached to an aromatic ring is 1. The fourth-order valence-electron chi connectivity index (χ4n) is 1.81. The summed E-state index contributed by atoms with van der Waals surface area (Å²) < 4.78 is 13.4. The molecule has 0 aliphatic heterocycles. The minimum Gasteiger partial charge on any atom is -0.381 e. The maximum Gasteiger partial charge on any atom is 0.186 e. The van der Waals surface area contributed by atoms with Crippen LogP contribution in [-0.2, 0) is 0 Å². The van der Waals surface area contributed by atoms with Gasteiger partial charge in [0.15, 0.2) is 17.5 Å². The predicted molar refractivity (Wildman–Crippen MR) is 69.7 cm³/mol. The van der Waals surface area contributed by atoms with Gasteiger partial charge >= 0.3 is 0 Å². The number of anilines is 1. The fourth-order valence-corrected chi connectivity index (χ4v) is 1.81. The first-order valence-corrected chi connectivity index (χ1v) is 5.66. The van der Waals surface area contributed by atoms with Gasteiger partial charge in [0.2, 0.25) is 0 Å². The average Bonchev–Trinajstić information content (AvgIpc) is 2.43. The smallest absolute Gasteiger partial charge is 0.186 e. The van der Waals surface area contributed by atoms with E-state index < -0.39 is 5.82 Å². The van der Waals surface area contributed by atoms with Crippen LogP contribution in [0.25, 0.3) is 22.4 Å². The number of rotatable bonds is 1. The molecule has 3 aromatic rings. The minimum absolute atomic E-state index is 0.151. The largest absolute Gasteiger partial charge is 0.381 e. The van der Waals surface area contributed by atoms with Crippen molar-refractivity contribution in [3.63, 3.8) is 0 Å². The first kappa shape index (κ1) is 11.5. The first-order valence-electron chi connectivity index (χ1n) is 5.66. The standard InChI is InChI=1S/C13H10FN5/c1-7-11(14)12(15)19-13(18-7)8-2-3-9-10(6-8)17-5-4-16-9/h2-6H,1H3,(H2,15,18,19). The van der Waals surface area contributed by atoms with Crippen LogP contribution in [0.4, 0.5) is 10.2 Å². The van der Waals surface area contributed by atoms with Gasteiger partial charge < -0.3 is 5.73 Å². The molecule has 0 radical (unpaired) electrons. The summed E-state index contributed by atoms with van der Waals surface area (Å²) in [5.41, 5.74) is 7.97. The predicted octanol–water partition coefficient (Wildman–Crippen LogP) is 2.12. The van der Waals surface area contributed by atoms with Crippen molar-refractivity contribution >= 4 is 16.9 Å². The van der Waals surface area contributed by atoms with Crippen LogP contribution in [0.5, 0.6) is 0 Å². The van der Waals surface area contributed by atoms with Crippen LogP contribution in [0.2, 0.25) is 0 Å². The summed E-state index contributed by atoms with van der Waals surface area (Å²) in [5, 5.41) is 0. The lowest BCUT2D eigenvalue weighted by Crippen LogP contribution is -2.03. The second-order valence-corrected chi connectivity index (χ2v) is 4.09. The third-order valence-electron chi connectivity index (χ3n) is 2.77. The molecular formula is C13H10FN5. The Morgan fingerprint density at radius 1 is 1.05 bits per heavy atom. The number of nitrogens with two attached hydrogens (primary N) is 1. The Morgan fingerprint density at radius 3 is 2.53 bits per heavy atom. The van der Waals surface area contributed by atoms with E-state index in [-0.39, 0.29) is 11.5 Å². The zero-order chi connectivity index (χ0) is 13.4. The molecule has 2 N–H and O–H groups in total. The van der Waals surface area contributed by atoms with Crippen LogP contribution < -0.4 is 5.73 Å². The Hall–Kier alpha value is -2.63. The lowest BCUT2D eigenvalue weighted by molar-refractivity contribution is 0.608. The van der Waals surface area contributed by atoms with Gasteiger partial charge in [-0.15, -0.1) is 0 Å². The highest BCUT2D eigenvalue weighted by Crippen LogP contribution is 2.22. The highest BCUT2D eigenvalue weighted by molar-refractivity contribution is 5.79. The molecule has 0 unspecified atom stereocenters. The number of benzene rings is 1. The molecule has 3 rings (SSSR count). The molecule has 2 heterocycles. The molecule has 0 fully saturated rings. The number of nitrogens with zero attached hydrogens (tertiary/aromatic N) is 4. The van der Waals surface area contributed by atoms with Gasteiger partial charge in [0, 0.05) is 18.0 Å². The summed E-state index contributed by atoms with van der Waals surface area (Å²) in [6, 6.07) is 5.42. The summed E-state index contributed by atoms with van der Waals surface area (Å²) >= 11 is 0. The maximum absolute atomic E-state index is 13.4. The third kappa shape index (κ3) is 1.97. The van der Waals surface area contributed by atoms with E-state index in [9.17, 15) is 4.39 Å². The summed E-state index contributed by atoms with van der Waals surface area (Å²) in [6.45, 7) is 1.55. The number of aromatic nitrogens is 4. The van der Waals surface area contributed by atoms with Crippen molar-refractivity contribution in [2.24, 2.45) is 0 Å². The summed E-state index contributed by atoms with van der Waals surface area (Å²) in [4.78, 5) is 16.4. The first-order chi connectivity index (χ1) is 9.15. The molecule has 94 valence electrons. The van der Waals surface area contributed by atoms with Crippen molar-refractivity contribution in [3.05, 3.63) is 42.1 Å². The van der Waals surface area contributed by atoms with E-state index >= 15 is 0 Å². The lowest BCUT2D eigenvalue weighted by atomic mass is 10.1. The van der Waals surface area contributed by atoms with E-state index in [1.807, 2.05) is 12.1 Å². The van der Waals surface area contributed by atoms with Gasteiger partial charge in [-0.2, -0.15) is 0 Å². The monoisotopic (exact) mass is 255 g/mol. The summed E-state index contributed by atoms with van der Waals surface area (Å²) in [5.74, 6) is -0.352. The van der Waals surface area contributed by atoms with Crippen LogP contribution in [0.3, 0.4) is 0 Å². The molecule has 0 saturated carbocycles. The molecule has 1 aromatic carbocycles. The SMILES string of the molecule is Cc1nc(-c2ccc3nccnc3c2)nc(N)c1F. The van der Waals surface area contributed by atoms with Gasteiger partial charge in [0.25, 0.3) is 0 Å². The highest BCUT2D eigenvalue weighted by Gasteiger charge is 2.10. The van der Waals surface area contributed by atoms with E-state index in [1.165, 1.54) is 0 Å². The third-order valence-corrected chi connectivity index (χ3v) is 2.77. The van der Waals surface area contributed by atoms with Crippen LogP contribution in [0, 0.1) is 12.7 Å². The van der Waals surface area contributed by atoms with E-state index in [0.29, 0.717) is 5.82 Å². The topological polar surface area (TPSA) is 77.6 Å². The molecule has 0 aliphatic carbocycles. The van der Waals surface area contributed by atoms with Crippen LogP contribution in [0.15, 0.2) is 30.6 Å². The molecule has 0 aliphatic rings. The minimum atomic E-state index is -0.579. The normalized spacial score (nSPS) is 10.8. The second-order valence-electron chi connectivity index (χ2n) is 4.09. The highest BCUT2D eigenvalue weighted by atomic mass is 19.1. The Morgan fingerprint density at radius 2 is 1.79 bits per heavy atom. The van der Waals surface area contributed by atoms with Crippen molar-refractivity contribution in [2.75, 3.05) is 5.73 Å². The number of fused-ring (bicyclic) bond motifs is 1. The van der Waals surface area contributed by atoms with Crippen LogP contribution in [-0.4, -0.2) is 19.9 Å². The van der Waals surface area contributed by atoms with Crippen LogP contribution >= 0.6 is 0 Å². The van der Waals surface area contributed by atoms with Crippen molar-refractivity contribution in [1.29, 1.82) is 0 Å². The van der Waals surface area contributed by atoms with Gasteiger partial charge in [-0.25, -0.2) is 14.4 Å². The number of hydrogen-bond acceptors (Lipinski definition) is 5. The molecule has 0 atom stereocenters. The van der Waals surface area contributed by atoms with E-state index in [1.54, 1.807) is 25.4 Å². The van der Waals surface area contributed by atoms with Gasteiger partial charge in [-0.05, 0) is 25.1 Å². The molecule has 0 saturated heterocycles. The molecule has 19 heavy (non-hydrogen) atoms. The average molecular weight is 255 g/mol. The zero-order valence-electron chi connectivity index (χ0n) is 10.1. The number of aryl methyl sites for hydroxylation is 1. The number of halogens is 1. The zero-order valence-corrected chi connectivity index (χ0v) is 10.1. The van der Waals surface area contributed by atoms with Gasteiger partial charge in [-0.1, -0.05) is 0 Å². The summed E-state index contributed by atoms with van der Waals surface area (Å²) in [6.07, 6.45) is 3.23. The molecule has 5 nitrogen and oxygen atoms in total. The van der Waals surface area contributed by atoms with Gasteiger partial charge in [0.1, 0.15) is 0 Å². The second kappa shape index (κ2) is 4.24. The molecule has 6 heteroatoms. The molecular weight excluding hydrogens is 245 g/mol. The fraction of sp³-hybridized carbons (Fsp3) is 0.0769. The quantitative estimate of drug-likeness (QED) is 0.720. The van der Waals surface area contributed by atoms with E-state index in [2.05, 4.69) is 19.9 Å².